The van der Waals surface area contributed by atoms with Crippen molar-refractivity contribution < 1.29 is 0 Å². The molecule has 3 N–H and O–H groups in total. The first-order valence-corrected chi connectivity index (χ1v) is 6.77. The molecule has 0 unspecified atom stereocenters. The fraction of sp³-hybridized carbons (Fsp3) is 0.533. The van der Waals surface area contributed by atoms with Gasteiger partial charge in [-0.1, -0.05) is 12.1 Å². The van der Waals surface area contributed by atoms with E-state index in [2.05, 4.69) is 22.8 Å². The Hall–Kier alpha value is -1.35. The van der Waals surface area contributed by atoms with Crippen LogP contribution in [0.25, 0.3) is 0 Å². The van der Waals surface area contributed by atoms with Crippen molar-refractivity contribution in [2.75, 3.05) is 25.5 Å². The molecule has 1 heterocycles. The van der Waals surface area contributed by atoms with Crippen LogP contribution in [-0.4, -0.2) is 26.4 Å². The third kappa shape index (κ3) is 1.93. The van der Waals surface area contributed by atoms with Gasteiger partial charge in [0.1, 0.15) is 0 Å². The van der Waals surface area contributed by atoms with Crippen molar-refractivity contribution in [3.63, 3.8) is 0 Å². The van der Waals surface area contributed by atoms with Crippen molar-refractivity contribution >= 4 is 11.9 Å². The van der Waals surface area contributed by atoms with Gasteiger partial charge in [-0.3, -0.25) is 0 Å². The summed E-state index contributed by atoms with van der Waals surface area (Å²) >= 11 is 0. The summed E-state index contributed by atoms with van der Waals surface area (Å²) < 4.78 is 0. The normalized spacial score (nSPS) is 21.2. The number of rotatable bonds is 4. The number of nitrogens with one attached hydrogen (secondary N) is 3. The maximum atomic E-state index is 7.36. The Kier molecular flexibility index (Phi) is 2.86. The molecule has 2 aliphatic rings. The largest absolute Gasteiger partial charge is 0.388 e. The first-order valence-electron chi connectivity index (χ1n) is 6.77. The van der Waals surface area contributed by atoms with Gasteiger partial charge in [0.05, 0.1) is 0 Å². The summed E-state index contributed by atoms with van der Waals surface area (Å²) in [6.45, 7) is 2.47. The smallest absolute Gasteiger partial charge is 0.0429 e. The molecule has 2 fully saturated rings. The Morgan fingerprint density at radius 3 is 2.78 bits per heavy atom. The van der Waals surface area contributed by atoms with Crippen molar-refractivity contribution in [3.05, 3.63) is 29.3 Å². The van der Waals surface area contributed by atoms with Crippen LogP contribution in [0.5, 0.6) is 0 Å². The Balaban J connectivity index is 1.64. The highest BCUT2D eigenvalue weighted by molar-refractivity contribution is 5.85. The van der Waals surface area contributed by atoms with E-state index in [-0.39, 0.29) is 0 Å². The van der Waals surface area contributed by atoms with E-state index >= 15 is 0 Å². The van der Waals surface area contributed by atoms with Crippen LogP contribution in [0.4, 0.5) is 5.69 Å². The van der Waals surface area contributed by atoms with Gasteiger partial charge < -0.3 is 16.0 Å². The monoisotopic (exact) mass is 243 g/mol. The van der Waals surface area contributed by atoms with Gasteiger partial charge >= 0.3 is 0 Å². The molecule has 1 aliphatic carbocycles. The zero-order valence-corrected chi connectivity index (χ0v) is 10.9. The summed E-state index contributed by atoms with van der Waals surface area (Å²) in [5.41, 5.74) is 4.11. The summed E-state index contributed by atoms with van der Waals surface area (Å²) in [6, 6.07) is 6.42. The minimum absolute atomic E-state index is 0.672. The highest BCUT2D eigenvalue weighted by Gasteiger charge is 2.47. The van der Waals surface area contributed by atoms with Crippen LogP contribution < -0.4 is 10.6 Å². The van der Waals surface area contributed by atoms with Crippen molar-refractivity contribution in [1.82, 2.24) is 5.32 Å². The number of hydrogen-bond acceptors (Lipinski definition) is 3. The molecule has 3 heteroatoms. The molecular formula is C15H21N3. The first-order chi connectivity index (χ1) is 8.74. The minimum atomic E-state index is 0.672. The number of anilines is 1. The molecule has 1 saturated heterocycles. The summed E-state index contributed by atoms with van der Waals surface area (Å²) in [7, 11) is 1.92. The van der Waals surface area contributed by atoms with Crippen molar-refractivity contribution in [3.8, 4) is 0 Å². The van der Waals surface area contributed by atoms with Crippen molar-refractivity contribution in [2.24, 2.45) is 11.3 Å². The molecule has 0 amide bonds. The molecule has 3 rings (SSSR count). The molecule has 18 heavy (non-hydrogen) atoms. The second kappa shape index (κ2) is 4.39. The second-order valence-electron chi connectivity index (χ2n) is 5.90. The summed E-state index contributed by atoms with van der Waals surface area (Å²) in [5.74, 6) is 0.864. The van der Waals surface area contributed by atoms with Gasteiger partial charge in [0.15, 0.2) is 0 Å². The van der Waals surface area contributed by atoms with Crippen LogP contribution in [0.3, 0.4) is 0 Å². The van der Waals surface area contributed by atoms with Crippen LogP contribution in [0.1, 0.15) is 24.0 Å². The molecule has 1 aliphatic heterocycles. The van der Waals surface area contributed by atoms with Crippen LogP contribution in [0.2, 0.25) is 0 Å². The lowest BCUT2D eigenvalue weighted by Gasteiger charge is -2.54. The van der Waals surface area contributed by atoms with Gasteiger partial charge in [0, 0.05) is 37.6 Å². The average Bonchev–Trinajstić information content (AvgIpc) is 2.30. The lowest BCUT2D eigenvalue weighted by atomic mass is 9.57. The lowest BCUT2D eigenvalue weighted by molar-refractivity contribution is 0.000899. The molecule has 3 nitrogen and oxygen atoms in total. The topological polar surface area (TPSA) is 47.9 Å². The highest BCUT2D eigenvalue weighted by Crippen LogP contribution is 2.49. The lowest BCUT2D eigenvalue weighted by Crippen LogP contribution is -2.60. The molecule has 0 bridgehead atoms. The highest BCUT2D eigenvalue weighted by atomic mass is 15.0. The van der Waals surface area contributed by atoms with E-state index in [1.807, 2.05) is 13.1 Å². The van der Waals surface area contributed by atoms with Gasteiger partial charge in [-0.2, -0.15) is 0 Å². The molecule has 1 aromatic carbocycles. The van der Waals surface area contributed by atoms with Crippen molar-refractivity contribution in [1.29, 1.82) is 5.41 Å². The van der Waals surface area contributed by atoms with E-state index in [0.29, 0.717) is 5.41 Å². The first kappa shape index (κ1) is 11.7. The Bertz CT molecular complexity index is 455. The molecule has 1 aromatic rings. The molecule has 1 spiro atoms. The van der Waals surface area contributed by atoms with Crippen LogP contribution in [0, 0.1) is 16.7 Å². The molecular weight excluding hydrogens is 222 g/mol. The minimum Gasteiger partial charge on any atom is -0.388 e. The van der Waals surface area contributed by atoms with Gasteiger partial charge in [-0.15, -0.1) is 0 Å². The maximum Gasteiger partial charge on any atom is 0.0429 e. The molecule has 0 radical (unpaired) electrons. The maximum absolute atomic E-state index is 7.36. The molecule has 96 valence electrons. The van der Waals surface area contributed by atoms with E-state index in [9.17, 15) is 0 Å². The SMILES string of the molecule is CNc1cc(CC2CC3(CNC3)C2)ccc1C=N. The summed E-state index contributed by atoms with van der Waals surface area (Å²) in [4.78, 5) is 0. The van der Waals surface area contributed by atoms with E-state index in [0.717, 1.165) is 17.2 Å². The van der Waals surface area contributed by atoms with E-state index in [4.69, 9.17) is 5.41 Å². The van der Waals surface area contributed by atoms with E-state index in [1.165, 1.54) is 44.1 Å². The third-order valence-corrected chi connectivity index (χ3v) is 4.51. The predicted molar refractivity (Wildman–Crippen MR) is 75.6 cm³/mol. The van der Waals surface area contributed by atoms with E-state index in [1.54, 1.807) is 0 Å². The Morgan fingerprint density at radius 1 is 1.44 bits per heavy atom. The van der Waals surface area contributed by atoms with Gasteiger partial charge in [0.2, 0.25) is 0 Å². The number of benzene rings is 1. The molecule has 0 aromatic heterocycles. The standard InChI is InChI=1S/C15H21N3/c1-17-14-5-11(2-3-13(14)8-16)4-12-6-15(7-12)9-18-10-15/h2-3,5,8,12,16-18H,4,6-7,9-10H2,1H3. The van der Waals surface area contributed by atoms with Gasteiger partial charge in [-0.25, -0.2) is 0 Å². The van der Waals surface area contributed by atoms with Gasteiger partial charge in [-0.05, 0) is 42.2 Å². The molecule has 0 atom stereocenters. The second-order valence-corrected chi connectivity index (χ2v) is 5.90. The van der Waals surface area contributed by atoms with Crippen LogP contribution in [-0.2, 0) is 6.42 Å². The van der Waals surface area contributed by atoms with E-state index < -0.39 is 0 Å². The van der Waals surface area contributed by atoms with Crippen LogP contribution >= 0.6 is 0 Å². The molecule has 1 saturated carbocycles. The summed E-state index contributed by atoms with van der Waals surface area (Å²) in [6.07, 6.45) is 5.38. The predicted octanol–water partition coefficient (Wildman–Crippen LogP) is 2.27. The fourth-order valence-corrected chi connectivity index (χ4v) is 3.48. The number of hydrogen-bond donors (Lipinski definition) is 3. The fourth-order valence-electron chi connectivity index (χ4n) is 3.48. The average molecular weight is 243 g/mol. The quantitative estimate of drug-likeness (QED) is 0.710. The van der Waals surface area contributed by atoms with Gasteiger partial charge in [0.25, 0.3) is 0 Å². The third-order valence-electron chi connectivity index (χ3n) is 4.51. The summed E-state index contributed by atoms with van der Waals surface area (Å²) in [5, 5.41) is 13.9. The Labute approximate surface area is 108 Å². The van der Waals surface area contributed by atoms with Crippen molar-refractivity contribution in [2.45, 2.75) is 19.3 Å². The van der Waals surface area contributed by atoms with Crippen LogP contribution in [0.15, 0.2) is 18.2 Å². The Morgan fingerprint density at radius 2 is 2.22 bits per heavy atom. The zero-order chi connectivity index (χ0) is 12.6. The zero-order valence-electron chi connectivity index (χ0n) is 10.9.